The summed E-state index contributed by atoms with van der Waals surface area (Å²) in [6, 6.07) is 3.69. The molecular formula is C13H17N5. The van der Waals surface area contributed by atoms with Crippen molar-refractivity contribution in [3.8, 4) is 0 Å². The van der Waals surface area contributed by atoms with Gasteiger partial charge in [0.1, 0.15) is 11.6 Å². The van der Waals surface area contributed by atoms with Crippen LogP contribution in [0.2, 0.25) is 0 Å². The van der Waals surface area contributed by atoms with Gasteiger partial charge in [-0.15, -0.1) is 0 Å². The Bertz CT molecular complexity index is 512. The number of anilines is 1. The molecule has 0 radical (unpaired) electrons. The van der Waals surface area contributed by atoms with E-state index in [1.165, 1.54) is 0 Å². The van der Waals surface area contributed by atoms with Gasteiger partial charge in [0, 0.05) is 24.2 Å². The third-order valence-electron chi connectivity index (χ3n) is 2.65. The zero-order valence-electron chi connectivity index (χ0n) is 10.6. The summed E-state index contributed by atoms with van der Waals surface area (Å²) in [5.74, 6) is 1.22. The monoisotopic (exact) mass is 243 g/mol. The molecule has 0 amide bonds. The van der Waals surface area contributed by atoms with Crippen molar-refractivity contribution in [1.82, 2.24) is 20.3 Å². The van der Waals surface area contributed by atoms with E-state index in [1.54, 1.807) is 24.7 Å². The maximum Gasteiger partial charge on any atom is 0.149 e. The predicted octanol–water partition coefficient (Wildman–Crippen LogP) is 1.46. The molecule has 18 heavy (non-hydrogen) atoms. The average Bonchev–Trinajstić information content (AvgIpc) is 2.40. The molecule has 2 rings (SSSR count). The van der Waals surface area contributed by atoms with Gasteiger partial charge < -0.3 is 11.1 Å². The Labute approximate surface area is 106 Å². The molecule has 1 atom stereocenters. The summed E-state index contributed by atoms with van der Waals surface area (Å²) in [7, 11) is 0. The van der Waals surface area contributed by atoms with E-state index in [0.29, 0.717) is 11.6 Å². The molecule has 0 aliphatic heterocycles. The van der Waals surface area contributed by atoms with Crippen LogP contribution in [0.1, 0.15) is 29.9 Å². The summed E-state index contributed by atoms with van der Waals surface area (Å²) in [4.78, 5) is 12.8. The number of hydrogen-bond acceptors (Lipinski definition) is 5. The van der Waals surface area contributed by atoms with Crippen LogP contribution in [0.15, 0.2) is 30.7 Å². The highest BCUT2D eigenvalue weighted by Crippen LogP contribution is 2.23. The first-order valence-corrected chi connectivity index (χ1v) is 5.94. The summed E-state index contributed by atoms with van der Waals surface area (Å²) in [6.07, 6.45) is 5.21. The Morgan fingerprint density at radius 2 is 2.00 bits per heavy atom. The molecule has 0 saturated carbocycles. The molecule has 2 aromatic rings. The molecule has 0 fully saturated rings. The fraction of sp³-hybridized carbons (Fsp3) is 0.308. The van der Waals surface area contributed by atoms with Crippen LogP contribution >= 0.6 is 0 Å². The Morgan fingerprint density at radius 3 is 2.67 bits per heavy atom. The second kappa shape index (κ2) is 5.55. The summed E-state index contributed by atoms with van der Waals surface area (Å²) >= 11 is 0. The number of aryl methyl sites for hydroxylation is 1. The van der Waals surface area contributed by atoms with Crippen LogP contribution in [0.4, 0.5) is 5.82 Å². The SMILES string of the molecule is CCNC(c1ncccn1)c1cc(C)cnc1N. The summed E-state index contributed by atoms with van der Waals surface area (Å²) in [5.41, 5.74) is 7.94. The number of nitrogen functional groups attached to an aromatic ring is 1. The van der Waals surface area contributed by atoms with Crippen LogP contribution in [-0.2, 0) is 0 Å². The normalized spacial score (nSPS) is 12.3. The highest BCUT2D eigenvalue weighted by molar-refractivity contribution is 5.45. The van der Waals surface area contributed by atoms with Crippen molar-refractivity contribution >= 4 is 5.82 Å². The van der Waals surface area contributed by atoms with E-state index in [4.69, 9.17) is 5.73 Å². The number of nitrogens with one attached hydrogen (secondary N) is 1. The highest BCUT2D eigenvalue weighted by Gasteiger charge is 2.18. The van der Waals surface area contributed by atoms with Crippen LogP contribution in [0.3, 0.4) is 0 Å². The fourth-order valence-electron chi connectivity index (χ4n) is 1.84. The van der Waals surface area contributed by atoms with Crippen LogP contribution in [0.5, 0.6) is 0 Å². The molecule has 0 aliphatic carbocycles. The molecule has 5 heteroatoms. The van der Waals surface area contributed by atoms with Crippen molar-refractivity contribution in [3.63, 3.8) is 0 Å². The maximum atomic E-state index is 5.95. The lowest BCUT2D eigenvalue weighted by Gasteiger charge is -2.18. The minimum atomic E-state index is -0.122. The van der Waals surface area contributed by atoms with Gasteiger partial charge >= 0.3 is 0 Å². The molecule has 1 unspecified atom stereocenters. The van der Waals surface area contributed by atoms with Gasteiger partial charge in [-0.2, -0.15) is 0 Å². The first-order chi connectivity index (χ1) is 8.72. The molecular weight excluding hydrogens is 226 g/mol. The minimum Gasteiger partial charge on any atom is -0.383 e. The lowest BCUT2D eigenvalue weighted by atomic mass is 10.1. The van der Waals surface area contributed by atoms with E-state index in [-0.39, 0.29) is 6.04 Å². The van der Waals surface area contributed by atoms with Crippen molar-refractivity contribution in [2.24, 2.45) is 0 Å². The first kappa shape index (κ1) is 12.4. The third kappa shape index (κ3) is 2.62. The standard InChI is InChI=1S/C13H17N5/c1-3-15-11(13-16-5-4-6-17-13)10-7-9(2)8-18-12(10)14/h4-8,11,15H,3H2,1-2H3,(H2,14,18). The first-order valence-electron chi connectivity index (χ1n) is 5.94. The van der Waals surface area contributed by atoms with Gasteiger partial charge in [0.2, 0.25) is 0 Å². The minimum absolute atomic E-state index is 0.122. The fourth-order valence-corrected chi connectivity index (χ4v) is 1.84. The van der Waals surface area contributed by atoms with Gasteiger partial charge in [0.15, 0.2) is 0 Å². The largest absolute Gasteiger partial charge is 0.383 e. The molecule has 94 valence electrons. The van der Waals surface area contributed by atoms with E-state index >= 15 is 0 Å². The topological polar surface area (TPSA) is 76.7 Å². The maximum absolute atomic E-state index is 5.95. The van der Waals surface area contributed by atoms with E-state index < -0.39 is 0 Å². The van der Waals surface area contributed by atoms with E-state index in [0.717, 1.165) is 17.7 Å². The highest BCUT2D eigenvalue weighted by atomic mass is 15.0. The van der Waals surface area contributed by atoms with Gasteiger partial charge in [-0.05, 0) is 31.2 Å². The lowest BCUT2D eigenvalue weighted by Crippen LogP contribution is -2.25. The summed E-state index contributed by atoms with van der Waals surface area (Å²) < 4.78 is 0. The van der Waals surface area contributed by atoms with Crippen LogP contribution in [0.25, 0.3) is 0 Å². The van der Waals surface area contributed by atoms with Gasteiger partial charge in [-0.25, -0.2) is 15.0 Å². The molecule has 0 aliphatic rings. The summed E-state index contributed by atoms with van der Waals surface area (Å²) in [5, 5.41) is 3.34. The average molecular weight is 243 g/mol. The van der Waals surface area contributed by atoms with Crippen molar-refractivity contribution in [2.75, 3.05) is 12.3 Å². The van der Waals surface area contributed by atoms with Gasteiger partial charge in [0.25, 0.3) is 0 Å². The number of rotatable bonds is 4. The Balaban J connectivity index is 2.44. The summed E-state index contributed by atoms with van der Waals surface area (Å²) in [6.45, 7) is 4.83. The van der Waals surface area contributed by atoms with Gasteiger partial charge in [0.05, 0.1) is 6.04 Å². The Hall–Kier alpha value is -2.01. The quantitative estimate of drug-likeness (QED) is 0.850. The number of pyridine rings is 1. The van der Waals surface area contributed by atoms with Gasteiger partial charge in [-0.3, -0.25) is 0 Å². The number of nitrogens with zero attached hydrogens (tertiary/aromatic N) is 3. The lowest BCUT2D eigenvalue weighted by molar-refractivity contribution is 0.597. The molecule has 0 saturated heterocycles. The van der Waals surface area contributed by atoms with Crippen molar-refractivity contribution in [1.29, 1.82) is 0 Å². The zero-order valence-corrected chi connectivity index (χ0v) is 10.6. The smallest absolute Gasteiger partial charge is 0.149 e. The van der Waals surface area contributed by atoms with E-state index in [9.17, 15) is 0 Å². The van der Waals surface area contributed by atoms with Crippen LogP contribution in [0, 0.1) is 6.92 Å². The second-order valence-corrected chi connectivity index (χ2v) is 4.08. The third-order valence-corrected chi connectivity index (χ3v) is 2.65. The van der Waals surface area contributed by atoms with Crippen LogP contribution in [-0.4, -0.2) is 21.5 Å². The van der Waals surface area contributed by atoms with E-state index in [1.807, 2.05) is 19.9 Å². The Morgan fingerprint density at radius 1 is 1.28 bits per heavy atom. The molecule has 0 aromatic carbocycles. The molecule has 0 bridgehead atoms. The Kier molecular flexibility index (Phi) is 3.84. The number of aromatic nitrogens is 3. The second-order valence-electron chi connectivity index (χ2n) is 4.08. The van der Waals surface area contributed by atoms with Crippen molar-refractivity contribution in [2.45, 2.75) is 19.9 Å². The number of hydrogen-bond donors (Lipinski definition) is 2. The van der Waals surface area contributed by atoms with Crippen molar-refractivity contribution < 1.29 is 0 Å². The van der Waals surface area contributed by atoms with E-state index in [2.05, 4.69) is 20.3 Å². The van der Waals surface area contributed by atoms with Crippen LogP contribution < -0.4 is 11.1 Å². The molecule has 2 heterocycles. The van der Waals surface area contributed by atoms with Crippen molar-refractivity contribution in [3.05, 3.63) is 47.7 Å². The molecule has 0 spiro atoms. The predicted molar refractivity (Wildman–Crippen MR) is 70.9 cm³/mol. The van der Waals surface area contributed by atoms with Gasteiger partial charge in [-0.1, -0.05) is 6.92 Å². The molecule has 3 N–H and O–H groups in total. The molecule has 2 aromatic heterocycles. The molecule has 5 nitrogen and oxygen atoms in total. The zero-order chi connectivity index (χ0) is 13.0. The number of nitrogens with two attached hydrogens (primary N) is 1.